The molecular formula is C18H27N3O3S. The van der Waals surface area contributed by atoms with Gasteiger partial charge in [0.05, 0.1) is 23.4 Å². The molecule has 3 saturated carbocycles. The Hall–Kier alpha value is -1.50. The van der Waals surface area contributed by atoms with Gasteiger partial charge in [0.1, 0.15) is 6.54 Å². The van der Waals surface area contributed by atoms with Gasteiger partial charge in [-0.15, -0.1) is 12.6 Å². The summed E-state index contributed by atoms with van der Waals surface area (Å²) in [5.74, 6) is 1.50. The molecule has 0 radical (unpaired) electrons. The largest absolute Gasteiger partial charge is 0.465 e. The standard InChI is InChI=1S/C18H27N3O3S/c1-5-24-15(22)9-21-17(23)16(25)14(8-19-21)20-13-7-11-6-12(10(13)2)18(11,3)4/h8,10-13,20,25H,5-7,9H2,1-4H3/t10-,11+,12-,13-/m1/s1. The Balaban J connectivity index is 1.73. The molecule has 0 spiro atoms. The van der Waals surface area contributed by atoms with E-state index in [0.29, 0.717) is 33.9 Å². The first-order valence-electron chi connectivity index (χ1n) is 8.97. The molecule has 0 aliphatic heterocycles. The minimum absolute atomic E-state index is 0.196. The average molecular weight is 365 g/mol. The van der Waals surface area contributed by atoms with Crippen molar-refractivity contribution in [2.75, 3.05) is 11.9 Å². The maximum absolute atomic E-state index is 12.4. The number of hydrogen-bond donors (Lipinski definition) is 2. The van der Waals surface area contributed by atoms with Crippen LogP contribution >= 0.6 is 12.6 Å². The number of nitrogens with zero attached hydrogens (tertiary/aromatic N) is 2. The SMILES string of the molecule is CCOC(=O)Cn1ncc(N[C@@H]2C[C@@H]3C[C@H]([C@H]2C)C3(C)C)c(S)c1=O. The van der Waals surface area contributed by atoms with Gasteiger partial charge in [0, 0.05) is 6.04 Å². The molecule has 1 aromatic rings. The van der Waals surface area contributed by atoms with Crippen LogP contribution < -0.4 is 10.9 Å². The van der Waals surface area contributed by atoms with Crippen LogP contribution in [0.15, 0.2) is 15.9 Å². The molecule has 0 aromatic carbocycles. The van der Waals surface area contributed by atoms with E-state index in [0.717, 1.165) is 17.0 Å². The zero-order valence-electron chi connectivity index (χ0n) is 15.3. The normalized spacial score (nSPS) is 29.6. The van der Waals surface area contributed by atoms with E-state index < -0.39 is 5.97 Å². The van der Waals surface area contributed by atoms with Crippen molar-refractivity contribution >= 4 is 24.3 Å². The van der Waals surface area contributed by atoms with Crippen LogP contribution in [0, 0.1) is 23.2 Å². The van der Waals surface area contributed by atoms with Crippen LogP contribution in [-0.2, 0) is 16.1 Å². The van der Waals surface area contributed by atoms with Gasteiger partial charge in [-0.25, -0.2) is 4.68 Å². The van der Waals surface area contributed by atoms with Crippen molar-refractivity contribution in [3.8, 4) is 0 Å². The Labute approximate surface area is 153 Å². The Morgan fingerprint density at radius 2 is 2.20 bits per heavy atom. The Bertz CT molecular complexity index is 731. The highest BCUT2D eigenvalue weighted by Crippen LogP contribution is 2.61. The Morgan fingerprint density at radius 3 is 2.80 bits per heavy atom. The molecule has 4 atom stereocenters. The van der Waals surface area contributed by atoms with E-state index in [1.165, 1.54) is 6.42 Å². The number of thiol groups is 1. The number of esters is 1. The molecular weight excluding hydrogens is 338 g/mol. The number of ether oxygens (including phenoxy) is 1. The fourth-order valence-corrected chi connectivity index (χ4v) is 4.80. The molecule has 3 aliphatic carbocycles. The third-order valence-electron chi connectivity index (χ3n) is 6.30. The highest BCUT2D eigenvalue weighted by molar-refractivity contribution is 7.80. The highest BCUT2D eigenvalue weighted by Gasteiger charge is 2.56. The predicted octanol–water partition coefficient (Wildman–Crippen LogP) is 2.58. The fraction of sp³-hybridized carbons (Fsp3) is 0.722. The minimum Gasteiger partial charge on any atom is -0.465 e. The molecule has 1 N–H and O–H groups in total. The van der Waals surface area contributed by atoms with Gasteiger partial charge in [-0.05, 0) is 42.9 Å². The van der Waals surface area contributed by atoms with Crippen molar-refractivity contribution < 1.29 is 9.53 Å². The van der Waals surface area contributed by atoms with E-state index in [2.05, 4.69) is 43.8 Å². The van der Waals surface area contributed by atoms with Crippen LogP contribution in [0.2, 0.25) is 0 Å². The maximum Gasteiger partial charge on any atom is 0.327 e. The van der Waals surface area contributed by atoms with Crippen molar-refractivity contribution in [1.82, 2.24) is 9.78 Å². The Morgan fingerprint density at radius 1 is 1.48 bits per heavy atom. The molecule has 1 aromatic heterocycles. The van der Waals surface area contributed by atoms with Crippen molar-refractivity contribution in [2.24, 2.45) is 23.2 Å². The lowest BCUT2D eigenvalue weighted by Gasteiger charge is -2.62. The van der Waals surface area contributed by atoms with Crippen molar-refractivity contribution in [2.45, 2.75) is 58.0 Å². The minimum atomic E-state index is -0.478. The van der Waals surface area contributed by atoms with Crippen LogP contribution in [0.4, 0.5) is 5.69 Å². The third kappa shape index (κ3) is 3.18. The van der Waals surface area contributed by atoms with Gasteiger partial charge in [-0.3, -0.25) is 9.59 Å². The number of hydrogen-bond acceptors (Lipinski definition) is 6. The van der Waals surface area contributed by atoms with Crippen LogP contribution in [-0.4, -0.2) is 28.4 Å². The topological polar surface area (TPSA) is 73.2 Å². The third-order valence-corrected chi connectivity index (χ3v) is 6.73. The lowest BCUT2D eigenvalue weighted by Crippen LogP contribution is -2.58. The summed E-state index contributed by atoms with van der Waals surface area (Å²) in [6.07, 6.45) is 3.99. The number of carbonyl (C=O) groups is 1. The molecule has 3 aliphatic rings. The van der Waals surface area contributed by atoms with Gasteiger partial charge in [0.2, 0.25) is 0 Å². The molecule has 138 valence electrons. The van der Waals surface area contributed by atoms with Crippen LogP contribution in [0.5, 0.6) is 0 Å². The van der Waals surface area contributed by atoms with E-state index in [9.17, 15) is 9.59 Å². The molecule has 0 amide bonds. The predicted molar refractivity (Wildman–Crippen MR) is 99.0 cm³/mol. The molecule has 6 nitrogen and oxygen atoms in total. The van der Waals surface area contributed by atoms with E-state index in [1.54, 1.807) is 13.1 Å². The quantitative estimate of drug-likeness (QED) is 0.620. The lowest BCUT2D eigenvalue weighted by molar-refractivity contribution is -0.144. The van der Waals surface area contributed by atoms with Crippen LogP contribution in [0.3, 0.4) is 0 Å². The Kier molecular flexibility index (Phi) is 4.88. The van der Waals surface area contributed by atoms with E-state index in [-0.39, 0.29) is 18.7 Å². The summed E-state index contributed by atoms with van der Waals surface area (Å²) in [6, 6.07) is 0.324. The molecule has 1 heterocycles. The number of fused-ring (bicyclic) bond motifs is 2. The first-order valence-corrected chi connectivity index (χ1v) is 9.41. The number of nitrogens with one attached hydrogen (secondary N) is 1. The average Bonchev–Trinajstić information content (AvgIpc) is 2.55. The van der Waals surface area contributed by atoms with Gasteiger partial charge in [-0.1, -0.05) is 20.8 Å². The zero-order chi connectivity index (χ0) is 18.4. The number of anilines is 1. The summed E-state index contributed by atoms with van der Waals surface area (Å²) >= 11 is 4.36. The summed E-state index contributed by atoms with van der Waals surface area (Å²) in [6.45, 7) is 8.81. The van der Waals surface area contributed by atoms with Gasteiger partial charge < -0.3 is 10.1 Å². The van der Waals surface area contributed by atoms with Crippen molar-refractivity contribution in [3.63, 3.8) is 0 Å². The van der Waals surface area contributed by atoms with Gasteiger partial charge >= 0.3 is 5.97 Å². The van der Waals surface area contributed by atoms with Gasteiger partial charge in [0.25, 0.3) is 5.56 Å². The highest BCUT2D eigenvalue weighted by atomic mass is 32.1. The van der Waals surface area contributed by atoms with Gasteiger partial charge in [-0.2, -0.15) is 5.10 Å². The second kappa shape index (κ2) is 6.67. The van der Waals surface area contributed by atoms with E-state index >= 15 is 0 Å². The number of aromatic nitrogens is 2. The molecule has 0 saturated heterocycles. The summed E-state index contributed by atoms with van der Waals surface area (Å²) in [7, 11) is 0. The molecule has 25 heavy (non-hydrogen) atoms. The van der Waals surface area contributed by atoms with Gasteiger partial charge in [0.15, 0.2) is 0 Å². The molecule has 4 rings (SSSR count). The van der Waals surface area contributed by atoms with E-state index in [1.807, 2.05) is 0 Å². The monoisotopic (exact) mass is 365 g/mol. The second-order valence-corrected chi connectivity index (χ2v) is 8.33. The molecule has 0 unspecified atom stereocenters. The maximum atomic E-state index is 12.4. The van der Waals surface area contributed by atoms with Crippen LogP contribution in [0.1, 0.15) is 40.5 Å². The summed E-state index contributed by atoms with van der Waals surface area (Å²) in [5, 5.41) is 7.58. The first-order chi connectivity index (χ1) is 11.8. The van der Waals surface area contributed by atoms with Crippen LogP contribution in [0.25, 0.3) is 0 Å². The lowest BCUT2D eigenvalue weighted by atomic mass is 9.45. The number of rotatable bonds is 5. The second-order valence-electron chi connectivity index (χ2n) is 7.88. The summed E-state index contributed by atoms with van der Waals surface area (Å²) < 4.78 is 5.96. The fourth-order valence-electron chi connectivity index (χ4n) is 4.57. The summed E-state index contributed by atoms with van der Waals surface area (Å²) in [4.78, 5) is 24.3. The molecule has 2 bridgehead atoms. The van der Waals surface area contributed by atoms with E-state index in [4.69, 9.17) is 4.74 Å². The number of carbonyl (C=O) groups excluding carboxylic acids is 1. The van der Waals surface area contributed by atoms with Crippen molar-refractivity contribution in [3.05, 3.63) is 16.6 Å². The molecule has 3 fully saturated rings. The summed E-state index contributed by atoms with van der Waals surface area (Å²) in [5.41, 5.74) is 0.683. The zero-order valence-corrected chi connectivity index (χ0v) is 16.2. The first kappa shape index (κ1) is 18.3. The molecule has 7 heteroatoms. The smallest absolute Gasteiger partial charge is 0.327 e. The van der Waals surface area contributed by atoms with Crippen molar-refractivity contribution in [1.29, 1.82) is 0 Å².